The van der Waals surface area contributed by atoms with Crippen LogP contribution in [0.15, 0.2) is 63.7 Å². The molecule has 35 heavy (non-hydrogen) atoms. The Labute approximate surface area is 211 Å². The summed E-state index contributed by atoms with van der Waals surface area (Å²) in [4.78, 5) is 19.5. The van der Waals surface area contributed by atoms with Gasteiger partial charge in [0.1, 0.15) is 0 Å². The zero-order chi connectivity index (χ0) is 24.7. The maximum absolute atomic E-state index is 13.6. The molecule has 1 fully saturated rings. The fourth-order valence-corrected chi connectivity index (χ4v) is 6.25. The van der Waals surface area contributed by atoms with Gasteiger partial charge in [0.25, 0.3) is 5.56 Å². The third-order valence-corrected chi connectivity index (χ3v) is 8.51. The van der Waals surface area contributed by atoms with E-state index in [9.17, 15) is 4.79 Å². The van der Waals surface area contributed by atoms with Gasteiger partial charge in [0.15, 0.2) is 10.5 Å². The highest BCUT2D eigenvalue weighted by atomic mass is 32.1. The van der Waals surface area contributed by atoms with E-state index >= 15 is 0 Å². The van der Waals surface area contributed by atoms with Crippen molar-refractivity contribution in [2.45, 2.75) is 59.4 Å². The van der Waals surface area contributed by atoms with Crippen LogP contribution in [0.4, 0.5) is 5.69 Å². The number of thiazole rings is 1. The van der Waals surface area contributed by atoms with E-state index in [1.54, 1.807) is 16.0 Å². The van der Waals surface area contributed by atoms with Crippen LogP contribution in [0, 0.1) is 26.7 Å². The van der Waals surface area contributed by atoms with Gasteiger partial charge in [0, 0.05) is 18.5 Å². The van der Waals surface area contributed by atoms with Gasteiger partial charge in [-0.25, -0.2) is 9.67 Å². The number of aromatic nitrogens is 3. The average molecular weight is 487 g/mol. The number of rotatable bonds is 4. The Kier molecular flexibility index (Phi) is 6.41. The summed E-state index contributed by atoms with van der Waals surface area (Å²) in [6.45, 7) is 8.66. The van der Waals surface area contributed by atoms with E-state index < -0.39 is 0 Å². The van der Waals surface area contributed by atoms with Crippen molar-refractivity contribution >= 4 is 17.0 Å². The lowest BCUT2D eigenvalue weighted by atomic mass is 9.85. The Morgan fingerprint density at radius 1 is 0.971 bits per heavy atom. The SMILES string of the molecule is Cc1ccc(-c2csc(=Nc3c(C)n(C)n(-c4ccccc4)c3=O)n2C2CCCCC2C)cc1C. The minimum atomic E-state index is -0.0828. The molecule has 0 saturated heterocycles. The maximum atomic E-state index is 13.6. The smallest absolute Gasteiger partial charge is 0.297 e. The lowest BCUT2D eigenvalue weighted by molar-refractivity contribution is 0.255. The molecular weight excluding hydrogens is 452 g/mol. The average Bonchev–Trinajstić information content (AvgIpc) is 3.36. The summed E-state index contributed by atoms with van der Waals surface area (Å²) >= 11 is 1.64. The maximum Gasteiger partial charge on any atom is 0.297 e. The lowest BCUT2D eigenvalue weighted by Crippen LogP contribution is -2.29. The summed E-state index contributed by atoms with van der Waals surface area (Å²) in [5, 5.41) is 2.22. The van der Waals surface area contributed by atoms with Gasteiger partial charge in [-0.1, -0.05) is 50.1 Å². The van der Waals surface area contributed by atoms with Crippen LogP contribution in [-0.4, -0.2) is 13.9 Å². The third-order valence-electron chi connectivity index (χ3n) is 7.67. The molecule has 0 amide bonds. The van der Waals surface area contributed by atoms with Crippen molar-refractivity contribution in [3.63, 3.8) is 0 Å². The van der Waals surface area contributed by atoms with Crippen LogP contribution in [0.5, 0.6) is 0 Å². The van der Waals surface area contributed by atoms with Gasteiger partial charge in [0.05, 0.1) is 17.1 Å². The summed E-state index contributed by atoms with van der Waals surface area (Å²) in [6.07, 6.45) is 4.89. The van der Waals surface area contributed by atoms with Crippen molar-refractivity contribution in [1.82, 2.24) is 13.9 Å². The van der Waals surface area contributed by atoms with E-state index in [4.69, 9.17) is 4.99 Å². The summed E-state index contributed by atoms with van der Waals surface area (Å²) < 4.78 is 6.04. The highest BCUT2D eigenvalue weighted by molar-refractivity contribution is 7.07. The lowest BCUT2D eigenvalue weighted by Gasteiger charge is -2.31. The summed E-state index contributed by atoms with van der Waals surface area (Å²) in [5.41, 5.74) is 7.15. The fourth-order valence-electron chi connectivity index (χ4n) is 5.29. The number of nitrogens with zero attached hydrogens (tertiary/aromatic N) is 4. The van der Waals surface area contributed by atoms with Crippen molar-refractivity contribution in [3.05, 3.63) is 85.9 Å². The van der Waals surface area contributed by atoms with E-state index in [2.05, 4.69) is 48.9 Å². The van der Waals surface area contributed by atoms with Crippen LogP contribution in [-0.2, 0) is 7.05 Å². The van der Waals surface area contributed by atoms with Crippen molar-refractivity contribution in [1.29, 1.82) is 0 Å². The van der Waals surface area contributed by atoms with E-state index in [0.29, 0.717) is 17.6 Å². The van der Waals surface area contributed by atoms with Gasteiger partial charge in [-0.2, -0.15) is 0 Å². The van der Waals surface area contributed by atoms with E-state index in [1.165, 1.54) is 41.6 Å². The van der Waals surface area contributed by atoms with Crippen molar-refractivity contribution in [2.24, 2.45) is 18.0 Å². The first-order valence-electron chi connectivity index (χ1n) is 12.5. The molecule has 5 nitrogen and oxygen atoms in total. The number of hydrogen-bond acceptors (Lipinski definition) is 3. The van der Waals surface area contributed by atoms with E-state index in [1.807, 2.05) is 49.0 Å². The molecule has 4 aromatic rings. The summed E-state index contributed by atoms with van der Waals surface area (Å²) in [6, 6.07) is 16.9. The van der Waals surface area contributed by atoms with Gasteiger partial charge in [-0.3, -0.25) is 9.48 Å². The van der Waals surface area contributed by atoms with E-state index in [0.717, 1.165) is 22.6 Å². The Bertz CT molecular complexity index is 1490. The quantitative estimate of drug-likeness (QED) is 0.320. The summed E-state index contributed by atoms with van der Waals surface area (Å²) in [5.74, 6) is 0.570. The molecule has 2 aromatic carbocycles. The Morgan fingerprint density at radius 2 is 1.71 bits per heavy atom. The normalized spacial score (nSPS) is 18.8. The van der Waals surface area contributed by atoms with Crippen molar-refractivity contribution < 1.29 is 0 Å². The van der Waals surface area contributed by atoms with Crippen LogP contribution in [0.2, 0.25) is 0 Å². The molecule has 6 heteroatoms. The van der Waals surface area contributed by atoms with Gasteiger partial charge < -0.3 is 4.57 Å². The molecule has 1 aliphatic carbocycles. The second-order valence-corrected chi connectivity index (χ2v) is 10.8. The fraction of sp³-hybridized carbons (Fsp3) is 0.379. The van der Waals surface area contributed by atoms with Crippen molar-refractivity contribution in [2.75, 3.05) is 0 Å². The molecule has 2 unspecified atom stereocenters. The molecule has 0 N–H and O–H groups in total. The van der Waals surface area contributed by atoms with Crippen LogP contribution < -0.4 is 10.4 Å². The zero-order valence-corrected chi connectivity index (χ0v) is 22.1. The summed E-state index contributed by atoms with van der Waals surface area (Å²) in [7, 11) is 1.93. The first-order valence-corrected chi connectivity index (χ1v) is 13.4. The molecule has 0 radical (unpaired) electrons. The van der Waals surface area contributed by atoms with Crippen LogP contribution >= 0.6 is 11.3 Å². The molecular formula is C29H34N4OS. The molecule has 0 bridgehead atoms. The number of hydrogen-bond donors (Lipinski definition) is 0. The monoisotopic (exact) mass is 486 g/mol. The molecule has 0 spiro atoms. The first kappa shape index (κ1) is 23.6. The topological polar surface area (TPSA) is 44.2 Å². The predicted octanol–water partition coefficient (Wildman–Crippen LogP) is 6.61. The van der Waals surface area contributed by atoms with Gasteiger partial charge in [-0.15, -0.1) is 11.3 Å². The Morgan fingerprint density at radius 3 is 2.43 bits per heavy atom. The number of aryl methyl sites for hydroxylation is 2. The minimum absolute atomic E-state index is 0.0828. The molecule has 5 rings (SSSR count). The zero-order valence-electron chi connectivity index (χ0n) is 21.3. The largest absolute Gasteiger partial charge is 0.313 e. The number of para-hydroxylation sites is 1. The van der Waals surface area contributed by atoms with Gasteiger partial charge >= 0.3 is 0 Å². The Balaban J connectivity index is 1.73. The van der Waals surface area contributed by atoms with Crippen LogP contribution in [0.3, 0.4) is 0 Å². The van der Waals surface area contributed by atoms with Crippen LogP contribution in [0.25, 0.3) is 16.9 Å². The molecule has 2 aromatic heterocycles. The van der Waals surface area contributed by atoms with Gasteiger partial charge in [0.2, 0.25) is 0 Å². The molecule has 0 aliphatic heterocycles. The van der Waals surface area contributed by atoms with E-state index in [-0.39, 0.29) is 5.56 Å². The minimum Gasteiger partial charge on any atom is -0.313 e. The number of benzene rings is 2. The third kappa shape index (κ3) is 4.25. The standard InChI is InChI=1S/C29H34N4OS/c1-19-15-16-23(17-21(19)3)26-18-35-29(32(26)25-14-10-9-11-20(25)2)30-27-22(4)31(5)33(28(27)34)24-12-7-6-8-13-24/h6-8,12-13,15-18,20,25H,9-11,14H2,1-5H3. The van der Waals surface area contributed by atoms with Gasteiger partial charge in [-0.05, 0) is 74.4 Å². The first-order chi connectivity index (χ1) is 16.9. The second-order valence-electron chi connectivity index (χ2n) is 9.92. The van der Waals surface area contributed by atoms with Crippen molar-refractivity contribution in [3.8, 4) is 16.9 Å². The molecule has 2 heterocycles. The molecule has 2 atom stereocenters. The van der Waals surface area contributed by atoms with Crippen LogP contribution in [0.1, 0.15) is 55.5 Å². The second kappa shape index (κ2) is 9.50. The molecule has 1 saturated carbocycles. The molecule has 182 valence electrons. The highest BCUT2D eigenvalue weighted by Gasteiger charge is 2.27. The predicted molar refractivity (Wildman–Crippen MR) is 145 cm³/mol. The Hall–Kier alpha value is -3.12. The molecule has 1 aliphatic rings. The highest BCUT2D eigenvalue weighted by Crippen LogP contribution is 2.36.